The second-order valence-electron chi connectivity index (χ2n) is 12.3. The molecule has 1 aromatic carbocycles. The van der Waals surface area contributed by atoms with Crippen LogP contribution in [-0.2, 0) is 22.6 Å². The number of benzene rings is 1. The van der Waals surface area contributed by atoms with Crippen molar-refractivity contribution in [2.75, 3.05) is 58.5 Å². The van der Waals surface area contributed by atoms with E-state index in [1.54, 1.807) is 11.1 Å². The number of halogens is 2. The number of thiophene rings is 1. The minimum atomic E-state index is -0.791. The Morgan fingerprint density at radius 1 is 1.10 bits per heavy atom. The third-order valence-corrected chi connectivity index (χ3v) is 9.96. The lowest BCUT2D eigenvalue weighted by Crippen LogP contribution is -2.44. The number of amides is 1. The number of likely N-dealkylation sites (N-methyl/N-ethyl adjacent to an activating group) is 1. The van der Waals surface area contributed by atoms with E-state index in [4.69, 9.17) is 19.6 Å². The zero-order chi connectivity index (χ0) is 34.2. The highest BCUT2D eigenvalue weighted by atomic mass is 32.1. The van der Waals surface area contributed by atoms with Gasteiger partial charge in [0.25, 0.3) is 0 Å². The first-order chi connectivity index (χ1) is 23.7. The number of piperazine rings is 1. The first-order valence-electron chi connectivity index (χ1n) is 16.0. The molecule has 14 heteroatoms. The summed E-state index contributed by atoms with van der Waals surface area (Å²) in [4.78, 5) is 24.1. The van der Waals surface area contributed by atoms with E-state index in [9.17, 15) is 9.18 Å². The van der Waals surface area contributed by atoms with Crippen molar-refractivity contribution >= 4 is 33.1 Å². The molecule has 0 aliphatic carbocycles. The van der Waals surface area contributed by atoms with Crippen molar-refractivity contribution in [2.24, 2.45) is 0 Å². The van der Waals surface area contributed by atoms with Gasteiger partial charge in [-0.2, -0.15) is 10.2 Å². The summed E-state index contributed by atoms with van der Waals surface area (Å²) in [6.45, 7) is 10.2. The molecule has 0 bridgehead atoms. The van der Waals surface area contributed by atoms with Crippen LogP contribution in [0.25, 0.3) is 43.9 Å². The monoisotopic (exact) mass is 686 g/mol. The fraction of sp³-hybridized carbons (Fsp3) is 0.343. The molecular formula is C35H36F2N8O3S. The van der Waals surface area contributed by atoms with E-state index < -0.39 is 11.6 Å². The molecule has 2 aliphatic rings. The van der Waals surface area contributed by atoms with Crippen molar-refractivity contribution in [1.82, 2.24) is 34.8 Å². The summed E-state index contributed by atoms with van der Waals surface area (Å²) in [5, 5.41) is 16.4. The van der Waals surface area contributed by atoms with Crippen LogP contribution in [0, 0.1) is 11.6 Å². The highest BCUT2D eigenvalue weighted by Crippen LogP contribution is 2.47. The third-order valence-electron chi connectivity index (χ3n) is 9.03. The van der Waals surface area contributed by atoms with Gasteiger partial charge in [-0.25, -0.2) is 13.8 Å². The average molecular weight is 687 g/mol. The summed E-state index contributed by atoms with van der Waals surface area (Å²) in [6, 6.07) is 7.70. The van der Waals surface area contributed by atoms with Crippen LogP contribution in [0.5, 0.6) is 5.75 Å². The minimum Gasteiger partial charge on any atom is -0.490 e. The SMILES string of the molecule is C=CC(=O)N1Cc2cc(-c3nc(-c4cnnc(N5CCN(C)CC5)c4)c4ccsc4c3-c3c(F)cc(F)cc3OCCOC)nn2C[C@H]1C. The summed E-state index contributed by atoms with van der Waals surface area (Å²) < 4.78 is 44.5. The van der Waals surface area contributed by atoms with Crippen LogP contribution >= 0.6 is 11.3 Å². The van der Waals surface area contributed by atoms with Gasteiger partial charge in [0.05, 0.1) is 42.8 Å². The van der Waals surface area contributed by atoms with Crippen LogP contribution < -0.4 is 9.64 Å². The zero-order valence-corrected chi connectivity index (χ0v) is 28.3. The Morgan fingerprint density at radius 3 is 2.69 bits per heavy atom. The Hall–Kier alpha value is -4.79. The number of carbonyl (C=O) groups is 1. The maximum absolute atomic E-state index is 16.1. The molecular weight excluding hydrogens is 651 g/mol. The van der Waals surface area contributed by atoms with Crippen LogP contribution in [0.2, 0.25) is 0 Å². The van der Waals surface area contributed by atoms with Gasteiger partial charge in [0.2, 0.25) is 5.91 Å². The highest BCUT2D eigenvalue weighted by molar-refractivity contribution is 7.18. The third kappa shape index (κ3) is 6.27. The number of hydrogen-bond acceptors (Lipinski definition) is 10. The van der Waals surface area contributed by atoms with Gasteiger partial charge < -0.3 is 24.2 Å². The van der Waals surface area contributed by atoms with E-state index in [0.29, 0.717) is 35.7 Å². The van der Waals surface area contributed by atoms with Gasteiger partial charge in [-0.15, -0.1) is 16.4 Å². The second kappa shape index (κ2) is 13.6. The van der Waals surface area contributed by atoms with E-state index >= 15 is 4.39 Å². The van der Waals surface area contributed by atoms with E-state index in [1.165, 1.54) is 30.6 Å². The highest BCUT2D eigenvalue weighted by Gasteiger charge is 2.31. The van der Waals surface area contributed by atoms with Gasteiger partial charge in [0, 0.05) is 72.7 Å². The smallest absolute Gasteiger partial charge is 0.246 e. The van der Waals surface area contributed by atoms with Crippen molar-refractivity contribution < 1.29 is 23.0 Å². The number of anilines is 1. The molecule has 0 unspecified atom stereocenters. The number of nitrogens with zero attached hydrogens (tertiary/aromatic N) is 8. The van der Waals surface area contributed by atoms with Gasteiger partial charge in [-0.05, 0) is 43.6 Å². The number of rotatable bonds is 9. The van der Waals surface area contributed by atoms with Crippen molar-refractivity contribution in [1.29, 1.82) is 0 Å². The van der Waals surface area contributed by atoms with Crippen LogP contribution in [0.4, 0.5) is 14.6 Å². The number of ether oxygens (including phenoxy) is 2. The fourth-order valence-electron chi connectivity index (χ4n) is 6.43. The van der Waals surface area contributed by atoms with E-state index in [2.05, 4.69) is 33.6 Å². The van der Waals surface area contributed by atoms with Crippen LogP contribution in [0.1, 0.15) is 12.6 Å². The summed E-state index contributed by atoms with van der Waals surface area (Å²) in [7, 11) is 3.63. The average Bonchev–Trinajstić information content (AvgIpc) is 3.75. The van der Waals surface area contributed by atoms with Crippen LogP contribution in [0.15, 0.2) is 54.6 Å². The summed E-state index contributed by atoms with van der Waals surface area (Å²) >= 11 is 1.42. The fourth-order valence-corrected chi connectivity index (χ4v) is 7.38. The van der Waals surface area contributed by atoms with E-state index in [-0.39, 0.29) is 36.5 Å². The lowest BCUT2D eigenvalue weighted by atomic mass is 9.96. The van der Waals surface area contributed by atoms with Crippen LogP contribution in [-0.4, -0.2) is 100 Å². The Kier molecular flexibility index (Phi) is 9.09. The quantitative estimate of drug-likeness (QED) is 0.152. The summed E-state index contributed by atoms with van der Waals surface area (Å²) in [6.07, 6.45) is 2.99. The van der Waals surface area contributed by atoms with Gasteiger partial charge in [0.15, 0.2) is 5.82 Å². The molecule has 1 atom stereocenters. The normalized spacial score (nSPS) is 16.6. The largest absolute Gasteiger partial charge is 0.490 e. The molecule has 4 aromatic heterocycles. The van der Waals surface area contributed by atoms with Gasteiger partial charge in [0.1, 0.15) is 35.4 Å². The standard InChI is InChI=1S/C35H36F2N8O3S/c1-5-30(46)44-20-24-17-27(41-45(24)19-21(44)2)34-32(31-26(37)15-23(36)16-28(31)48-12-11-47-4)35-25(6-13-49-35)33(39-34)22-14-29(40-38-18-22)43-9-7-42(3)8-10-43/h5-6,13-18,21H,1,7-12,19-20H2,2-4H3/t21-/m1/s1. The Bertz CT molecular complexity index is 2040. The number of methoxy groups -OCH3 is 1. The van der Waals surface area contributed by atoms with Gasteiger partial charge in [-0.3, -0.25) is 9.48 Å². The molecule has 0 N–H and O–H groups in total. The van der Waals surface area contributed by atoms with E-state index in [0.717, 1.165) is 59.4 Å². The Labute approximate surface area is 286 Å². The maximum Gasteiger partial charge on any atom is 0.246 e. The lowest BCUT2D eigenvalue weighted by Gasteiger charge is -2.33. The molecule has 5 aromatic rings. The maximum atomic E-state index is 16.1. The first-order valence-corrected chi connectivity index (χ1v) is 16.9. The van der Waals surface area contributed by atoms with Crippen molar-refractivity contribution in [3.8, 4) is 39.5 Å². The molecule has 0 spiro atoms. The number of carbonyl (C=O) groups excluding carboxylic acids is 1. The second-order valence-corrected chi connectivity index (χ2v) is 13.2. The van der Waals surface area contributed by atoms with Crippen molar-refractivity contribution in [2.45, 2.75) is 26.1 Å². The Morgan fingerprint density at radius 2 is 1.92 bits per heavy atom. The summed E-state index contributed by atoms with van der Waals surface area (Å²) in [5.74, 6) is -0.946. The van der Waals surface area contributed by atoms with Gasteiger partial charge in [-0.1, -0.05) is 6.58 Å². The Balaban J connectivity index is 1.44. The molecule has 0 saturated carbocycles. The predicted octanol–water partition coefficient (Wildman–Crippen LogP) is 5.26. The molecule has 7 rings (SSSR count). The molecule has 1 amide bonds. The molecule has 6 heterocycles. The molecule has 254 valence electrons. The minimum absolute atomic E-state index is 0.0309. The lowest BCUT2D eigenvalue weighted by molar-refractivity contribution is -0.129. The number of hydrogen-bond donors (Lipinski definition) is 0. The van der Waals surface area contributed by atoms with Gasteiger partial charge >= 0.3 is 0 Å². The van der Waals surface area contributed by atoms with Crippen molar-refractivity contribution in [3.05, 3.63) is 71.9 Å². The molecule has 2 aliphatic heterocycles. The van der Waals surface area contributed by atoms with E-state index in [1.807, 2.05) is 35.2 Å². The molecule has 11 nitrogen and oxygen atoms in total. The topological polar surface area (TPSA) is 102 Å². The summed E-state index contributed by atoms with van der Waals surface area (Å²) in [5.41, 5.74) is 3.55. The molecule has 0 radical (unpaired) electrons. The van der Waals surface area contributed by atoms with Crippen molar-refractivity contribution in [3.63, 3.8) is 0 Å². The number of pyridine rings is 1. The first kappa shape index (κ1) is 32.7. The predicted molar refractivity (Wildman–Crippen MR) is 185 cm³/mol. The zero-order valence-electron chi connectivity index (χ0n) is 27.5. The van der Waals surface area contributed by atoms with Crippen LogP contribution in [0.3, 0.4) is 0 Å². The molecule has 49 heavy (non-hydrogen) atoms. The number of fused-ring (bicyclic) bond motifs is 2. The molecule has 1 saturated heterocycles. The number of aromatic nitrogens is 5. The molecule has 1 fully saturated rings.